The van der Waals surface area contributed by atoms with Crippen LogP contribution in [0, 0.1) is 17.8 Å². The molecule has 3 atom stereocenters. The molecule has 0 amide bonds. The van der Waals surface area contributed by atoms with Crippen LogP contribution in [0.3, 0.4) is 0 Å². The standard InChI is InChI=1S/3C8H18O.V/c3*1-3-5-6-8(4-2)7-9;/h3*8-9H,3-7H2,1-2H3;. The van der Waals surface area contributed by atoms with Gasteiger partial charge in [-0.05, 0) is 37.0 Å². The van der Waals surface area contributed by atoms with Gasteiger partial charge < -0.3 is 15.3 Å². The summed E-state index contributed by atoms with van der Waals surface area (Å²) >= 11 is 0. The Kier molecular flexibility index (Phi) is 41.2. The van der Waals surface area contributed by atoms with Crippen LogP contribution < -0.4 is 0 Å². The van der Waals surface area contributed by atoms with Gasteiger partial charge in [0, 0.05) is 38.4 Å². The van der Waals surface area contributed by atoms with E-state index in [9.17, 15) is 0 Å². The van der Waals surface area contributed by atoms with Crippen LogP contribution in [0.5, 0.6) is 0 Å². The first kappa shape index (κ1) is 35.9. The van der Waals surface area contributed by atoms with Crippen molar-refractivity contribution in [3.63, 3.8) is 0 Å². The SMILES string of the molecule is CCCCC(CC)CO.CCCCC(CC)CO.CCCCC(CC)CO.[V]. The molecule has 0 saturated carbocycles. The van der Waals surface area contributed by atoms with Crippen molar-refractivity contribution in [2.45, 2.75) is 119 Å². The zero-order valence-electron chi connectivity index (χ0n) is 20.1. The molecule has 1 radical (unpaired) electrons. The molecule has 0 aromatic heterocycles. The van der Waals surface area contributed by atoms with Crippen molar-refractivity contribution in [1.29, 1.82) is 0 Å². The topological polar surface area (TPSA) is 60.7 Å². The largest absolute Gasteiger partial charge is 0.396 e. The molecule has 28 heavy (non-hydrogen) atoms. The Morgan fingerprint density at radius 1 is 0.464 bits per heavy atom. The molecule has 0 heterocycles. The second-order valence-corrected chi connectivity index (χ2v) is 7.80. The van der Waals surface area contributed by atoms with Gasteiger partial charge >= 0.3 is 0 Å². The number of hydrogen-bond donors (Lipinski definition) is 3. The summed E-state index contributed by atoms with van der Waals surface area (Å²) in [6.45, 7) is 14.1. The first-order valence-corrected chi connectivity index (χ1v) is 11.9. The van der Waals surface area contributed by atoms with E-state index in [1.54, 1.807) is 0 Å². The molecule has 0 saturated heterocycles. The van der Waals surface area contributed by atoms with E-state index in [0.717, 1.165) is 19.3 Å². The fourth-order valence-electron chi connectivity index (χ4n) is 2.75. The summed E-state index contributed by atoms with van der Waals surface area (Å²) in [5, 5.41) is 26.3. The van der Waals surface area contributed by atoms with Crippen LogP contribution >= 0.6 is 0 Å². The van der Waals surface area contributed by atoms with Crippen molar-refractivity contribution >= 4 is 0 Å². The van der Waals surface area contributed by atoms with E-state index in [2.05, 4.69) is 41.5 Å². The molecule has 173 valence electrons. The molecular weight excluding hydrogens is 387 g/mol. The summed E-state index contributed by atoms with van der Waals surface area (Å²) in [5.41, 5.74) is 0. The predicted octanol–water partition coefficient (Wildman–Crippen LogP) is 6.58. The third kappa shape index (κ3) is 28.7. The normalized spacial score (nSPS) is 13.2. The van der Waals surface area contributed by atoms with Gasteiger partial charge in [-0.3, -0.25) is 0 Å². The molecule has 0 aromatic carbocycles. The van der Waals surface area contributed by atoms with Crippen molar-refractivity contribution in [2.24, 2.45) is 17.8 Å². The second kappa shape index (κ2) is 32.1. The summed E-state index contributed by atoms with van der Waals surface area (Å²) in [6.07, 6.45) is 14.5. The minimum Gasteiger partial charge on any atom is -0.396 e. The summed E-state index contributed by atoms with van der Waals surface area (Å²) in [7, 11) is 0. The van der Waals surface area contributed by atoms with Gasteiger partial charge in [-0.1, -0.05) is 99.3 Å². The maximum absolute atomic E-state index is 8.75. The summed E-state index contributed by atoms with van der Waals surface area (Å²) in [6, 6.07) is 0. The third-order valence-electron chi connectivity index (χ3n) is 5.40. The molecule has 0 spiro atoms. The summed E-state index contributed by atoms with van der Waals surface area (Å²) < 4.78 is 0. The first-order valence-electron chi connectivity index (χ1n) is 11.9. The van der Waals surface area contributed by atoms with E-state index in [1.807, 2.05) is 0 Å². The van der Waals surface area contributed by atoms with Gasteiger partial charge in [0.2, 0.25) is 0 Å². The van der Waals surface area contributed by atoms with Crippen LogP contribution in [0.2, 0.25) is 0 Å². The smallest absolute Gasteiger partial charge is 0.0459 e. The van der Waals surface area contributed by atoms with Crippen molar-refractivity contribution in [3.05, 3.63) is 0 Å². The van der Waals surface area contributed by atoms with Gasteiger partial charge in [0.05, 0.1) is 0 Å². The number of aliphatic hydroxyl groups is 3. The zero-order chi connectivity index (χ0) is 21.3. The second-order valence-electron chi connectivity index (χ2n) is 7.80. The predicted molar refractivity (Wildman–Crippen MR) is 121 cm³/mol. The van der Waals surface area contributed by atoms with Crippen LogP contribution in [-0.2, 0) is 18.6 Å². The Morgan fingerprint density at radius 3 is 0.786 bits per heavy atom. The molecule has 3 nitrogen and oxygen atoms in total. The van der Waals surface area contributed by atoms with E-state index >= 15 is 0 Å². The Bertz CT molecular complexity index is 190. The molecule has 0 fully saturated rings. The first-order chi connectivity index (χ1) is 13.0. The maximum Gasteiger partial charge on any atom is 0.0459 e. The van der Waals surface area contributed by atoms with Gasteiger partial charge in [-0.25, -0.2) is 0 Å². The van der Waals surface area contributed by atoms with Crippen LogP contribution in [0.15, 0.2) is 0 Å². The van der Waals surface area contributed by atoms with E-state index in [1.165, 1.54) is 57.8 Å². The molecular formula is C24H54O3V. The van der Waals surface area contributed by atoms with E-state index in [-0.39, 0.29) is 18.6 Å². The summed E-state index contributed by atoms with van der Waals surface area (Å²) in [4.78, 5) is 0. The molecule has 4 heteroatoms. The quantitative estimate of drug-likeness (QED) is 0.269. The summed E-state index contributed by atoms with van der Waals surface area (Å²) in [5.74, 6) is 1.68. The molecule has 3 unspecified atom stereocenters. The van der Waals surface area contributed by atoms with E-state index in [4.69, 9.17) is 15.3 Å². The Labute approximate surface area is 190 Å². The van der Waals surface area contributed by atoms with Gasteiger partial charge in [-0.2, -0.15) is 0 Å². The minimum atomic E-state index is 0. The van der Waals surface area contributed by atoms with E-state index in [0.29, 0.717) is 37.6 Å². The molecule has 0 rings (SSSR count). The monoisotopic (exact) mass is 441 g/mol. The van der Waals surface area contributed by atoms with Gasteiger partial charge in [-0.15, -0.1) is 0 Å². The molecule has 0 bridgehead atoms. The number of hydrogen-bond acceptors (Lipinski definition) is 3. The van der Waals surface area contributed by atoms with Crippen molar-refractivity contribution in [1.82, 2.24) is 0 Å². The van der Waals surface area contributed by atoms with Crippen LogP contribution in [-0.4, -0.2) is 35.1 Å². The average molecular weight is 442 g/mol. The number of rotatable bonds is 15. The molecule has 0 aromatic rings. The van der Waals surface area contributed by atoms with E-state index < -0.39 is 0 Å². The average Bonchev–Trinajstić information content (AvgIpc) is 2.71. The van der Waals surface area contributed by atoms with Crippen LogP contribution in [0.25, 0.3) is 0 Å². The van der Waals surface area contributed by atoms with Crippen LogP contribution in [0.1, 0.15) is 119 Å². The Morgan fingerprint density at radius 2 is 0.679 bits per heavy atom. The van der Waals surface area contributed by atoms with Gasteiger partial charge in [0.25, 0.3) is 0 Å². The van der Waals surface area contributed by atoms with Crippen molar-refractivity contribution < 1.29 is 33.9 Å². The minimum absolute atomic E-state index is 0. The van der Waals surface area contributed by atoms with Crippen molar-refractivity contribution in [3.8, 4) is 0 Å². The molecule has 0 aliphatic heterocycles. The van der Waals surface area contributed by atoms with Crippen molar-refractivity contribution in [2.75, 3.05) is 19.8 Å². The van der Waals surface area contributed by atoms with Gasteiger partial charge in [0.15, 0.2) is 0 Å². The molecule has 3 N–H and O–H groups in total. The fourth-order valence-corrected chi connectivity index (χ4v) is 2.75. The van der Waals surface area contributed by atoms with Crippen LogP contribution in [0.4, 0.5) is 0 Å². The number of aliphatic hydroxyl groups excluding tert-OH is 3. The number of unbranched alkanes of at least 4 members (excludes halogenated alkanes) is 3. The zero-order valence-corrected chi connectivity index (χ0v) is 21.5. The Balaban J connectivity index is -0.000000152. The van der Waals surface area contributed by atoms with Gasteiger partial charge in [0.1, 0.15) is 0 Å². The maximum atomic E-state index is 8.75. The Hall–Kier alpha value is 0.464. The third-order valence-corrected chi connectivity index (χ3v) is 5.40. The molecule has 0 aliphatic rings. The fraction of sp³-hybridized carbons (Fsp3) is 1.00. The molecule has 0 aliphatic carbocycles.